The standard InChI is InChI=1S/C17H27NO/c1-4-10-17-11-8-7-9-14(17)15(19-6-3)13-16(17)18-12-5-2/h4,13-14H,1,5-12H2,2-3H3/t14-,17-/m1/s1. The van der Waals surface area contributed by atoms with Crippen molar-refractivity contribution >= 4 is 5.71 Å². The molecule has 2 rings (SSSR count). The number of hydrogen-bond acceptors (Lipinski definition) is 2. The van der Waals surface area contributed by atoms with Gasteiger partial charge < -0.3 is 4.74 Å². The molecule has 0 amide bonds. The van der Waals surface area contributed by atoms with Crippen LogP contribution in [0.2, 0.25) is 0 Å². The molecule has 19 heavy (non-hydrogen) atoms. The Hall–Kier alpha value is -1.05. The van der Waals surface area contributed by atoms with Gasteiger partial charge in [0.1, 0.15) is 5.76 Å². The summed E-state index contributed by atoms with van der Waals surface area (Å²) in [6, 6.07) is 0. The van der Waals surface area contributed by atoms with Crippen LogP contribution in [0.5, 0.6) is 0 Å². The summed E-state index contributed by atoms with van der Waals surface area (Å²) in [6.07, 6.45) is 11.5. The Kier molecular flexibility index (Phi) is 4.84. The zero-order chi connectivity index (χ0) is 13.7. The van der Waals surface area contributed by atoms with Crippen LogP contribution in [0.1, 0.15) is 52.4 Å². The Morgan fingerprint density at radius 1 is 1.47 bits per heavy atom. The van der Waals surface area contributed by atoms with Crippen molar-refractivity contribution < 1.29 is 4.74 Å². The van der Waals surface area contributed by atoms with E-state index >= 15 is 0 Å². The van der Waals surface area contributed by atoms with Crippen LogP contribution in [0.4, 0.5) is 0 Å². The lowest BCUT2D eigenvalue weighted by molar-refractivity contribution is 0.122. The van der Waals surface area contributed by atoms with E-state index in [1.54, 1.807) is 0 Å². The summed E-state index contributed by atoms with van der Waals surface area (Å²) in [5.74, 6) is 1.72. The summed E-state index contributed by atoms with van der Waals surface area (Å²) >= 11 is 0. The van der Waals surface area contributed by atoms with Crippen LogP contribution in [0.25, 0.3) is 0 Å². The number of fused-ring (bicyclic) bond motifs is 1. The largest absolute Gasteiger partial charge is 0.498 e. The fourth-order valence-electron chi connectivity index (χ4n) is 3.69. The summed E-state index contributed by atoms with van der Waals surface area (Å²) in [7, 11) is 0. The summed E-state index contributed by atoms with van der Waals surface area (Å²) in [4.78, 5) is 4.86. The normalized spacial score (nSPS) is 32.0. The summed E-state index contributed by atoms with van der Waals surface area (Å²) in [5, 5.41) is 0. The van der Waals surface area contributed by atoms with Crippen molar-refractivity contribution in [2.75, 3.05) is 13.2 Å². The van der Waals surface area contributed by atoms with E-state index in [-0.39, 0.29) is 5.41 Å². The van der Waals surface area contributed by atoms with Crippen LogP contribution in [-0.2, 0) is 4.74 Å². The van der Waals surface area contributed by atoms with Gasteiger partial charge in [0.2, 0.25) is 0 Å². The number of nitrogens with zero attached hydrogens (tertiary/aromatic N) is 1. The van der Waals surface area contributed by atoms with Gasteiger partial charge in [0, 0.05) is 23.6 Å². The molecular formula is C17H27NO. The van der Waals surface area contributed by atoms with E-state index in [9.17, 15) is 0 Å². The molecule has 0 aliphatic heterocycles. The average Bonchev–Trinajstić information content (AvgIpc) is 2.72. The Balaban J connectivity index is 2.34. The molecular weight excluding hydrogens is 234 g/mol. The molecule has 106 valence electrons. The predicted octanol–water partition coefficient (Wildman–Crippen LogP) is 4.52. The highest BCUT2D eigenvalue weighted by Crippen LogP contribution is 2.53. The van der Waals surface area contributed by atoms with Crippen molar-refractivity contribution in [2.24, 2.45) is 16.3 Å². The Morgan fingerprint density at radius 3 is 3.00 bits per heavy atom. The molecule has 0 unspecified atom stereocenters. The van der Waals surface area contributed by atoms with E-state index in [0.717, 1.165) is 26.0 Å². The van der Waals surface area contributed by atoms with E-state index in [0.29, 0.717) is 5.92 Å². The van der Waals surface area contributed by atoms with E-state index in [2.05, 4.69) is 32.6 Å². The molecule has 2 heteroatoms. The molecule has 1 fully saturated rings. The van der Waals surface area contributed by atoms with Crippen LogP contribution >= 0.6 is 0 Å². The van der Waals surface area contributed by atoms with Crippen molar-refractivity contribution in [1.29, 1.82) is 0 Å². The first-order valence-electron chi connectivity index (χ1n) is 7.78. The summed E-state index contributed by atoms with van der Waals surface area (Å²) < 4.78 is 5.90. The molecule has 0 aromatic carbocycles. The quantitative estimate of drug-likeness (QED) is 0.644. The van der Waals surface area contributed by atoms with E-state index in [4.69, 9.17) is 9.73 Å². The van der Waals surface area contributed by atoms with Crippen molar-refractivity contribution in [3.05, 3.63) is 24.5 Å². The molecule has 0 aromatic heterocycles. The van der Waals surface area contributed by atoms with Gasteiger partial charge in [-0.05, 0) is 38.7 Å². The maximum absolute atomic E-state index is 5.90. The first kappa shape index (κ1) is 14.4. The average molecular weight is 261 g/mol. The molecule has 0 bridgehead atoms. The van der Waals surface area contributed by atoms with Crippen LogP contribution < -0.4 is 0 Å². The van der Waals surface area contributed by atoms with Gasteiger partial charge in [-0.1, -0.05) is 25.8 Å². The first-order valence-corrected chi connectivity index (χ1v) is 7.78. The van der Waals surface area contributed by atoms with Crippen molar-refractivity contribution in [3.63, 3.8) is 0 Å². The van der Waals surface area contributed by atoms with Gasteiger partial charge in [-0.2, -0.15) is 0 Å². The summed E-state index contributed by atoms with van der Waals surface area (Å²) in [6.45, 7) is 9.92. The predicted molar refractivity (Wildman–Crippen MR) is 81.5 cm³/mol. The molecule has 0 radical (unpaired) electrons. The fraction of sp³-hybridized carbons (Fsp3) is 0.706. The lowest BCUT2D eigenvalue weighted by Crippen LogP contribution is -2.37. The van der Waals surface area contributed by atoms with Crippen molar-refractivity contribution in [3.8, 4) is 0 Å². The van der Waals surface area contributed by atoms with Gasteiger partial charge in [0.15, 0.2) is 0 Å². The van der Waals surface area contributed by atoms with Gasteiger partial charge in [-0.15, -0.1) is 6.58 Å². The third-order valence-electron chi connectivity index (χ3n) is 4.49. The van der Waals surface area contributed by atoms with Crippen LogP contribution in [-0.4, -0.2) is 18.9 Å². The van der Waals surface area contributed by atoms with Gasteiger partial charge in [-0.3, -0.25) is 4.99 Å². The molecule has 1 saturated carbocycles. The van der Waals surface area contributed by atoms with Crippen LogP contribution in [0.15, 0.2) is 29.5 Å². The lowest BCUT2D eigenvalue weighted by Gasteiger charge is -2.40. The second kappa shape index (κ2) is 6.40. The van der Waals surface area contributed by atoms with E-state index in [1.165, 1.54) is 37.2 Å². The van der Waals surface area contributed by atoms with Crippen LogP contribution in [0, 0.1) is 11.3 Å². The second-order valence-corrected chi connectivity index (χ2v) is 5.69. The maximum atomic E-state index is 5.90. The molecule has 2 aliphatic carbocycles. The smallest absolute Gasteiger partial charge is 0.102 e. The van der Waals surface area contributed by atoms with Gasteiger partial charge >= 0.3 is 0 Å². The third kappa shape index (κ3) is 2.63. The summed E-state index contributed by atoms with van der Waals surface area (Å²) in [5.41, 5.74) is 1.47. The van der Waals surface area contributed by atoms with Crippen LogP contribution in [0.3, 0.4) is 0 Å². The molecule has 0 saturated heterocycles. The SMILES string of the molecule is C=CC[C@@]12CCCC[C@@H]1C(OCC)=CC2=NCCC. The zero-order valence-electron chi connectivity index (χ0n) is 12.5. The lowest BCUT2D eigenvalue weighted by atomic mass is 9.64. The topological polar surface area (TPSA) is 21.6 Å². The minimum atomic E-state index is 0.194. The molecule has 0 spiro atoms. The van der Waals surface area contributed by atoms with Crippen molar-refractivity contribution in [1.82, 2.24) is 0 Å². The minimum absolute atomic E-state index is 0.194. The molecule has 0 aromatic rings. The number of allylic oxidation sites excluding steroid dienone is 3. The van der Waals surface area contributed by atoms with E-state index < -0.39 is 0 Å². The fourth-order valence-corrected chi connectivity index (χ4v) is 3.69. The Morgan fingerprint density at radius 2 is 2.32 bits per heavy atom. The highest BCUT2D eigenvalue weighted by atomic mass is 16.5. The Labute approximate surface area is 117 Å². The van der Waals surface area contributed by atoms with Gasteiger partial charge in [-0.25, -0.2) is 0 Å². The zero-order valence-corrected chi connectivity index (χ0v) is 12.5. The highest BCUT2D eigenvalue weighted by molar-refractivity contribution is 6.03. The number of rotatable bonds is 6. The number of ether oxygens (including phenoxy) is 1. The monoisotopic (exact) mass is 261 g/mol. The third-order valence-corrected chi connectivity index (χ3v) is 4.49. The van der Waals surface area contributed by atoms with E-state index in [1.807, 2.05) is 0 Å². The molecule has 2 nitrogen and oxygen atoms in total. The number of aliphatic imine (C=N–C) groups is 1. The molecule has 2 aliphatic rings. The highest BCUT2D eigenvalue weighted by Gasteiger charge is 2.49. The van der Waals surface area contributed by atoms with Gasteiger partial charge in [0.25, 0.3) is 0 Å². The maximum Gasteiger partial charge on any atom is 0.102 e. The molecule has 0 heterocycles. The first-order chi connectivity index (χ1) is 9.28. The van der Waals surface area contributed by atoms with Gasteiger partial charge in [0.05, 0.1) is 6.61 Å². The molecule has 2 atom stereocenters. The Bertz CT molecular complexity index is 383. The number of hydrogen-bond donors (Lipinski definition) is 0. The van der Waals surface area contributed by atoms with Crippen molar-refractivity contribution in [2.45, 2.75) is 52.4 Å². The second-order valence-electron chi connectivity index (χ2n) is 5.69. The molecule has 0 N–H and O–H groups in total. The minimum Gasteiger partial charge on any atom is -0.498 e.